The molecule has 3 rings (SSSR count). The molecule has 0 unspecified atom stereocenters. The molecule has 3 aliphatic rings. The summed E-state index contributed by atoms with van der Waals surface area (Å²) in [6, 6.07) is -0.534. The first kappa shape index (κ1) is 14.8. The Morgan fingerprint density at radius 3 is 2.73 bits per heavy atom. The van der Waals surface area contributed by atoms with Crippen LogP contribution in [0.15, 0.2) is 35.5 Å². The minimum Gasteiger partial charge on any atom is -0.326 e. The van der Waals surface area contributed by atoms with Crippen molar-refractivity contribution in [3.8, 4) is 0 Å². The molecule has 0 bridgehead atoms. The number of carbonyl (C=O) groups is 3. The SMILES string of the molecule is CC1(C)C=CC=C2C(=O)N([C@H]3CCC(=O)NC3=O)CCC2=C1. The van der Waals surface area contributed by atoms with Gasteiger partial charge in [0.05, 0.1) is 0 Å². The van der Waals surface area contributed by atoms with E-state index in [9.17, 15) is 14.4 Å². The fraction of sp³-hybridized carbons (Fsp3) is 0.471. The van der Waals surface area contributed by atoms with Crippen LogP contribution in [0.25, 0.3) is 0 Å². The number of carbonyl (C=O) groups excluding carboxylic acids is 3. The quantitative estimate of drug-likeness (QED) is 0.746. The Labute approximate surface area is 129 Å². The first-order valence-corrected chi connectivity index (χ1v) is 7.64. The van der Waals surface area contributed by atoms with Crippen LogP contribution >= 0.6 is 0 Å². The number of nitrogens with one attached hydrogen (secondary N) is 1. The number of hydrogen-bond acceptors (Lipinski definition) is 3. The molecule has 0 saturated carbocycles. The van der Waals surface area contributed by atoms with Gasteiger partial charge < -0.3 is 4.90 Å². The zero-order valence-corrected chi connectivity index (χ0v) is 12.9. The van der Waals surface area contributed by atoms with Crippen LogP contribution in [0.4, 0.5) is 0 Å². The second kappa shape index (κ2) is 5.23. The van der Waals surface area contributed by atoms with Crippen molar-refractivity contribution in [3.05, 3.63) is 35.5 Å². The second-order valence-corrected chi connectivity index (χ2v) is 6.65. The van der Waals surface area contributed by atoms with Crippen molar-refractivity contribution in [2.45, 2.75) is 39.2 Å². The number of fused-ring (bicyclic) bond motifs is 1. The number of piperidine rings is 2. The summed E-state index contributed by atoms with van der Waals surface area (Å²) in [5, 5.41) is 2.32. The van der Waals surface area contributed by atoms with Gasteiger partial charge in [0.25, 0.3) is 5.91 Å². The Morgan fingerprint density at radius 1 is 1.23 bits per heavy atom. The molecule has 2 saturated heterocycles. The van der Waals surface area contributed by atoms with Crippen LogP contribution in [0.5, 0.6) is 0 Å². The molecule has 2 heterocycles. The van der Waals surface area contributed by atoms with E-state index >= 15 is 0 Å². The number of imide groups is 1. The van der Waals surface area contributed by atoms with Crippen molar-refractivity contribution in [3.63, 3.8) is 0 Å². The molecule has 3 amide bonds. The third-order valence-electron chi connectivity index (χ3n) is 4.38. The van der Waals surface area contributed by atoms with Crippen LogP contribution in [-0.4, -0.2) is 35.2 Å². The predicted octanol–water partition coefficient (Wildman–Crippen LogP) is 1.47. The van der Waals surface area contributed by atoms with Crippen LogP contribution in [0, 0.1) is 5.41 Å². The van der Waals surface area contributed by atoms with Gasteiger partial charge in [-0.3, -0.25) is 19.7 Å². The Balaban J connectivity index is 1.86. The lowest BCUT2D eigenvalue weighted by Crippen LogP contribution is -2.56. The van der Waals surface area contributed by atoms with Crippen molar-refractivity contribution in [2.75, 3.05) is 6.54 Å². The first-order valence-electron chi connectivity index (χ1n) is 7.64. The van der Waals surface area contributed by atoms with Crippen LogP contribution < -0.4 is 5.32 Å². The Hall–Kier alpha value is -2.17. The Bertz CT molecular complexity index is 640. The van der Waals surface area contributed by atoms with Gasteiger partial charge in [0.1, 0.15) is 6.04 Å². The van der Waals surface area contributed by atoms with E-state index in [2.05, 4.69) is 31.3 Å². The van der Waals surface area contributed by atoms with Crippen LogP contribution in [0.2, 0.25) is 0 Å². The van der Waals surface area contributed by atoms with E-state index in [1.807, 2.05) is 12.2 Å². The number of likely N-dealkylation sites (tertiary alicyclic amines) is 1. The van der Waals surface area contributed by atoms with Gasteiger partial charge in [-0.25, -0.2) is 0 Å². The monoisotopic (exact) mass is 300 g/mol. The van der Waals surface area contributed by atoms with E-state index < -0.39 is 6.04 Å². The maximum Gasteiger partial charge on any atom is 0.254 e. The van der Waals surface area contributed by atoms with Crippen molar-refractivity contribution >= 4 is 17.7 Å². The van der Waals surface area contributed by atoms with Gasteiger partial charge in [0.15, 0.2) is 0 Å². The zero-order chi connectivity index (χ0) is 15.9. The summed E-state index contributed by atoms with van der Waals surface area (Å²) in [5.41, 5.74) is 1.63. The van der Waals surface area contributed by atoms with Gasteiger partial charge in [-0.1, -0.05) is 32.1 Å². The van der Waals surface area contributed by atoms with Gasteiger partial charge in [-0.05, 0) is 24.5 Å². The summed E-state index contributed by atoms with van der Waals surface area (Å²) in [6.07, 6.45) is 9.36. The largest absolute Gasteiger partial charge is 0.326 e. The summed E-state index contributed by atoms with van der Waals surface area (Å²) >= 11 is 0. The van der Waals surface area contributed by atoms with E-state index in [0.29, 0.717) is 18.5 Å². The molecule has 0 spiro atoms. The fourth-order valence-corrected chi connectivity index (χ4v) is 3.26. The van der Waals surface area contributed by atoms with E-state index in [-0.39, 0.29) is 29.6 Å². The standard InChI is InChI=1S/C17H20N2O3/c1-17(2)8-3-4-12-11(10-17)7-9-19(16(12)22)13-5-6-14(20)18-15(13)21/h3-4,8,10,13H,5-7,9H2,1-2H3,(H,18,20,21)/t13-/m0/s1. The topological polar surface area (TPSA) is 66.5 Å². The van der Waals surface area contributed by atoms with Crippen molar-refractivity contribution in [1.29, 1.82) is 0 Å². The Kier molecular flexibility index (Phi) is 3.51. The first-order chi connectivity index (χ1) is 10.4. The normalized spacial score (nSPS) is 27.6. The molecule has 1 atom stereocenters. The van der Waals surface area contributed by atoms with E-state index in [1.54, 1.807) is 4.90 Å². The third kappa shape index (κ3) is 2.63. The van der Waals surface area contributed by atoms with Crippen molar-refractivity contribution < 1.29 is 14.4 Å². The second-order valence-electron chi connectivity index (χ2n) is 6.65. The zero-order valence-electron chi connectivity index (χ0n) is 12.9. The number of nitrogens with zero attached hydrogens (tertiary/aromatic N) is 1. The summed E-state index contributed by atoms with van der Waals surface area (Å²) < 4.78 is 0. The van der Waals surface area contributed by atoms with Gasteiger partial charge in [0, 0.05) is 24.0 Å². The summed E-state index contributed by atoms with van der Waals surface area (Å²) in [5.74, 6) is -0.735. The lowest BCUT2D eigenvalue weighted by molar-refractivity contribution is -0.144. The van der Waals surface area contributed by atoms with Gasteiger partial charge in [-0.2, -0.15) is 0 Å². The highest BCUT2D eigenvalue weighted by molar-refractivity contribution is 6.05. The lowest BCUT2D eigenvalue weighted by Gasteiger charge is -2.37. The van der Waals surface area contributed by atoms with Gasteiger partial charge in [-0.15, -0.1) is 0 Å². The molecule has 0 aromatic rings. The molecular weight excluding hydrogens is 280 g/mol. The smallest absolute Gasteiger partial charge is 0.254 e. The van der Waals surface area contributed by atoms with E-state index in [1.165, 1.54) is 0 Å². The highest BCUT2D eigenvalue weighted by atomic mass is 16.2. The number of hydrogen-bond donors (Lipinski definition) is 1. The maximum atomic E-state index is 12.8. The molecular formula is C17H20N2O3. The Morgan fingerprint density at radius 2 is 2.00 bits per heavy atom. The predicted molar refractivity (Wildman–Crippen MR) is 81.6 cm³/mol. The number of rotatable bonds is 1. The van der Waals surface area contributed by atoms with Crippen LogP contribution in [0.1, 0.15) is 33.1 Å². The molecule has 5 heteroatoms. The van der Waals surface area contributed by atoms with Crippen molar-refractivity contribution in [2.24, 2.45) is 5.41 Å². The summed E-state index contributed by atoms with van der Waals surface area (Å²) in [6.45, 7) is 4.72. The van der Waals surface area contributed by atoms with Gasteiger partial charge in [0.2, 0.25) is 11.8 Å². The molecule has 2 fully saturated rings. The number of amides is 3. The minimum absolute atomic E-state index is 0.0787. The van der Waals surface area contributed by atoms with Crippen LogP contribution in [0.3, 0.4) is 0 Å². The molecule has 0 aromatic heterocycles. The molecule has 1 aliphatic carbocycles. The average molecular weight is 300 g/mol. The number of allylic oxidation sites excluding steroid dienone is 4. The molecule has 2 aliphatic heterocycles. The highest BCUT2D eigenvalue weighted by Gasteiger charge is 2.38. The summed E-state index contributed by atoms with van der Waals surface area (Å²) in [4.78, 5) is 37.6. The van der Waals surface area contributed by atoms with Crippen molar-refractivity contribution in [1.82, 2.24) is 10.2 Å². The molecule has 116 valence electrons. The average Bonchev–Trinajstić information content (AvgIpc) is 2.58. The molecule has 5 nitrogen and oxygen atoms in total. The van der Waals surface area contributed by atoms with E-state index in [4.69, 9.17) is 0 Å². The van der Waals surface area contributed by atoms with Crippen LogP contribution in [-0.2, 0) is 14.4 Å². The highest BCUT2D eigenvalue weighted by Crippen LogP contribution is 2.33. The maximum absolute atomic E-state index is 12.8. The lowest BCUT2D eigenvalue weighted by atomic mass is 9.87. The summed E-state index contributed by atoms with van der Waals surface area (Å²) in [7, 11) is 0. The molecule has 0 aromatic carbocycles. The third-order valence-corrected chi connectivity index (χ3v) is 4.38. The van der Waals surface area contributed by atoms with Gasteiger partial charge >= 0.3 is 0 Å². The molecule has 1 N–H and O–H groups in total. The van der Waals surface area contributed by atoms with E-state index in [0.717, 1.165) is 12.0 Å². The molecule has 0 radical (unpaired) electrons. The fourth-order valence-electron chi connectivity index (χ4n) is 3.26. The molecule has 22 heavy (non-hydrogen) atoms. The minimum atomic E-state index is -0.534.